The maximum Gasteiger partial charge on any atom is 0.338 e. The summed E-state index contributed by atoms with van der Waals surface area (Å²) in [4.78, 5) is 24.8. The van der Waals surface area contributed by atoms with Crippen LogP contribution in [0.15, 0.2) is 30.0 Å². The fourth-order valence-corrected chi connectivity index (χ4v) is 2.67. The van der Waals surface area contributed by atoms with Crippen LogP contribution >= 0.6 is 0 Å². The van der Waals surface area contributed by atoms with Crippen LogP contribution in [-0.2, 0) is 4.74 Å². The number of hydrogen-bond donors (Lipinski definition) is 2. The number of allylic oxidation sites excluding steroid dienone is 1. The standard InChI is InChI=1S/C19H16O8/c1-24-9-6-12(19(23)26-3)11(14(7-9)25-2)8-15-16(21)10-4-5-13(20)17(22)18(10)27-15/h4-8,20,22H,1-3H3. The number of benzene rings is 2. The van der Waals surface area contributed by atoms with Gasteiger partial charge in [0.05, 0.1) is 32.5 Å². The van der Waals surface area contributed by atoms with Gasteiger partial charge < -0.3 is 29.2 Å². The van der Waals surface area contributed by atoms with Gasteiger partial charge in [0.15, 0.2) is 17.3 Å². The van der Waals surface area contributed by atoms with E-state index in [9.17, 15) is 19.8 Å². The van der Waals surface area contributed by atoms with Gasteiger partial charge in [-0.15, -0.1) is 0 Å². The van der Waals surface area contributed by atoms with E-state index in [0.29, 0.717) is 5.75 Å². The van der Waals surface area contributed by atoms with Crippen LogP contribution in [0, 0.1) is 0 Å². The Bertz CT molecular complexity index is 974. The largest absolute Gasteiger partial charge is 0.504 e. The lowest BCUT2D eigenvalue weighted by Gasteiger charge is -2.12. The molecule has 0 amide bonds. The Hall–Kier alpha value is -3.68. The molecule has 3 rings (SSSR count). The average Bonchev–Trinajstić information content (AvgIpc) is 3.00. The summed E-state index contributed by atoms with van der Waals surface area (Å²) < 4.78 is 20.7. The van der Waals surface area contributed by atoms with Crippen LogP contribution in [0.1, 0.15) is 26.3 Å². The summed E-state index contributed by atoms with van der Waals surface area (Å²) in [5.41, 5.74) is 0.425. The molecule has 0 unspecified atom stereocenters. The molecular formula is C19H16O8. The molecule has 1 heterocycles. The van der Waals surface area contributed by atoms with Crippen molar-refractivity contribution >= 4 is 17.8 Å². The van der Waals surface area contributed by atoms with Crippen molar-refractivity contribution in [3.05, 3.63) is 46.7 Å². The van der Waals surface area contributed by atoms with Crippen molar-refractivity contribution in [2.24, 2.45) is 0 Å². The molecule has 2 aromatic rings. The minimum absolute atomic E-state index is 0.0867. The molecule has 27 heavy (non-hydrogen) atoms. The van der Waals surface area contributed by atoms with Crippen LogP contribution in [0.3, 0.4) is 0 Å². The van der Waals surface area contributed by atoms with E-state index in [-0.39, 0.29) is 33.9 Å². The van der Waals surface area contributed by atoms with Crippen molar-refractivity contribution < 1.29 is 38.7 Å². The molecular weight excluding hydrogens is 356 g/mol. The predicted octanol–water partition coefficient (Wildman–Crippen LogP) is 2.52. The first-order valence-corrected chi connectivity index (χ1v) is 7.74. The van der Waals surface area contributed by atoms with Gasteiger partial charge in [0.1, 0.15) is 11.5 Å². The second kappa shape index (κ2) is 6.91. The van der Waals surface area contributed by atoms with Gasteiger partial charge >= 0.3 is 5.97 Å². The van der Waals surface area contributed by atoms with E-state index in [4.69, 9.17) is 18.9 Å². The zero-order chi connectivity index (χ0) is 19.7. The summed E-state index contributed by atoms with van der Waals surface area (Å²) in [5, 5.41) is 19.5. The zero-order valence-electron chi connectivity index (χ0n) is 14.7. The fraction of sp³-hybridized carbons (Fsp3) is 0.158. The van der Waals surface area contributed by atoms with Crippen LogP contribution in [0.5, 0.6) is 28.7 Å². The normalized spacial score (nSPS) is 13.9. The third-order valence-corrected chi connectivity index (χ3v) is 4.04. The van der Waals surface area contributed by atoms with E-state index >= 15 is 0 Å². The number of phenols is 2. The molecule has 1 aliphatic rings. The van der Waals surface area contributed by atoms with Crippen molar-refractivity contribution in [2.45, 2.75) is 0 Å². The summed E-state index contributed by atoms with van der Waals surface area (Å²) in [6.45, 7) is 0. The van der Waals surface area contributed by atoms with Gasteiger partial charge in [0, 0.05) is 11.6 Å². The summed E-state index contributed by atoms with van der Waals surface area (Å²) in [5.74, 6) is -1.84. The molecule has 0 spiro atoms. The van der Waals surface area contributed by atoms with Crippen LogP contribution in [0.25, 0.3) is 6.08 Å². The molecule has 0 aliphatic carbocycles. The van der Waals surface area contributed by atoms with Gasteiger partial charge in [-0.1, -0.05) is 0 Å². The highest BCUT2D eigenvalue weighted by molar-refractivity contribution is 6.15. The van der Waals surface area contributed by atoms with Gasteiger partial charge in [0.2, 0.25) is 11.5 Å². The zero-order valence-corrected chi connectivity index (χ0v) is 14.7. The number of esters is 1. The predicted molar refractivity (Wildman–Crippen MR) is 93.6 cm³/mol. The number of hydrogen-bond acceptors (Lipinski definition) is 8. The van der Waals surface area contributed by atoms with Crippen molar-refractivity contribution in [3.63, 3.8) is 0 Å². The molecule has 0 fully saturated rings. The molecule has 0 saturated heterocycles. The number of fused-ring (bicyclic) bond motifs is 1. The Morgan fingerprint density at radius 2 is 1.85 bits per heavy atom. The van der Waals surface area contributed by atoms with E-state index in [0.717, 1.165) is 0 Å². The lowest BCUT2D eigenvalue weighted by Crippen LogP contribution is -2.07. The second-order valence-corrected chi connectivity index (χ2v) is 5.53. The molecule has 2 aromatic carbocycles. The van der Waals surface area contributed by atoms with E-state index < -0.39 is 23.3 Å². The van der Waals surface area contributed by atoms with E-state index in [1.54, 1.807) is 0 Å². The van der Waals surface area contributed by atoms with Crippen LogP contribution < -0.4 is 14.2 Å². The Balaban J connectivity index is 2.16. The Kier molecular flexibility index (Phi) is 4.64. The summed E-state index contributed by atoms with van der Waals surface area (Å²) >= 11 is 0. The number of Topliss-reactive ketones (excluding diaryl/α,β-unsaturated/α-hetero) is 1. The van der Waals surface area contributed by atoms with Gasteiger partial charge in [-0.25, -0.2) is 4.79 Å². The summed E-state index contributed by atoms with van der Waals surface area (Å²) in [6, 6.07) is 5.50. The second-order valence-electron chi connectivity index (χ2n) is 5.53. The summed E-state index contributed by atoms with van der Waals surface area (Å²) in [6.07, 6.45) is 1.31. The van der Waals surface area contributed by atoms with Crippen molar-refractivity contribution in [2.75, 3.05) is 21.3 Å². The molecule has 0 radical (unpaired) electrons. The monoisotopic (exact) mass is 372 g/mol. The van der Waals surface area contributed by atoms with E-state index in [1.807, 2.05) is 0 Å². The molecule has 140 valence electrons. The quantitative estimate of drug-likeness (QED) is 0.478. The molecule has 0 bridgehead atoms. The van der Waals surface area contributed by atoms with Gasteiger partial charge in [-0.2, -0.15) is 0 Å². The fourth-order valence-electron chi connectivity index (χ4n) is 2.67. The first-order valence-electron chi connectivity index (χ1n) is 7.74. The molecule has 8 nitrogen and oxygen atoms in total. The number of rotatable bonds is 4. The van der Waals surface area contributed by atoms with Crippen molar-refractivity contribution in [1.29, 1.82) is 0 Å². The molecule has 8 heteroatoms. The third-order valence-electron chi connectivity index (χ3n) is 4.04. The summed E-state index contributed by atoms with van der Waals surface area (Å²) in [7, 11) is 4.05. The number of phenolic OH excluding ortho intramolecular Hbond substituents is 2. The minimum atomic E-state index is -0.664. The molecule has 2 N–H and O–H groups in total. The lowest BCUT2D eigenvalue weighted by atomic mass is 10.0. The first kappa shape index (κ1) is 18.1. The number of carbonyl (C=O) groups is 2. The number of ketones is 1. The number of methoxy groups -OCH3 is 3. The van der Waals surface area contributed by atoms with Gasteiger partial charge in [-0.05, 0) is 24.3 Å². The maximum atomic E-state index is 12.6. The lowest BCUT2D eigenvalue weighted by molar-refractivity contribution is 0.0599. The average molecular weight is 372 g/mol. The maximum absolute atomic E-state index is 12.6. The molecule has 0 saturated carbocycles. The van der Waals surface area contributed by atoms with Crippen LogP contribution in [0.2, 0.25) is 0 Å². The highest BCUT2D eigenvalue weighted by Gasteiger charge is 2.32. The Labute approximate surface area is 154 Å². The molecule has 1 aliphatic heterocycles. The number of carbonyl (C=O) groups excluding carboxylic acids is 2. The highest BCUT2D eigenvalue weighted by atomic mass is 16.5. The van der Waals surface area contributed by atoms with Gasteiger partial charge in [-0.3, -0.25) is 4.79 Å². The Morgan fingerprint density at radius 1 is 1.11 bits per heavy atom. The third kappa shape index (κ3) is 3.01. The first-order chi connectivity index (χ1) is 12.9. The topological polar surface area (TPSA) is 112 Å². The number of aromatic hydroxyl groups is 2. The number of ether oxygens (including phenoxy) is 4. The molecule has 0 aromatic heterocycles. The SMILES string of the molecule is COC(=O)c1cc(OC)cc(OC)c1C=C1Oc2c(ccc(O)c2O)C1=O. The van der Waals surface area contributed by atoms with Crippen LogP contribution in [-0.4, -0.2) is 43.3 Å². The van der Waals surface area contributed by atoms with E-state index in [1.165, 1.54) is 51.7 Å². The van der Waals surface area contributed by atoms with Crippen molar-refractivity contribution in [1.82, 2.24) is 0 Å². The smallest absolute Gasteiger partial charge is 0.338 e. The minimum Gasteiger partial charge on any atom is -0.504 e. The van der Waals surface area contributed by atoms with E-state index in [2.05, 4.69) is 0 Å². The van der Waals surface area contributed by atoms with Crippen molar-refractivity contribution in [3.8, 4) is 28.7 Å². The highest BCUT2D eigenvalue weighted by Crippen LogP contribution is 2.44. The Morgan fingerprint density at radius 3 is 2.48 bits per heavy atom. The molecule has 0 atom stereocenters. The van der Waals surface area contributed by atoms with Gasteiger partial charge in [0.25, 0.3) is 0 Å². The van der Waals surface area contributed by atoms with Crippen LogP contribution in [0.4, 0.5) is 0 Å².